The van der Waals surface area contributed by atoms with Crippen LogP contribution in [0.15, 0.2) is 12.2 Å². The fraction of sp³-hybridized carbons (Fsp3) is 0.667. The average molecular weight is 1440 g/mol. The molecule has 1 heterocycles. The van der Waals surface area contributed by atoms with Crippen molar-refractivity contribution in [3.63, 3.8) is 0 Å². The SMILES string of the molecule is O=C(O)CC(NC(=O)CCOCCNC(=O)OCCOCC(COCCOC(=O)NCCOCCC(=O)NC(CC(=O)O)C(=O)O)(COCCOC(=O)NCCOCCC(=O)NC(CC(=O)O)C(=O)O)COC(=O)CCCOCCC(=O)NCCNC(=O)CCN1C(=O)C=CC1=O)C(=O)O. The van der Waals surface area contributed by atoms with E-state index in [0.29, 0.717) is 0 Å². The highest BCUT2D eigenvalue weighted by Crippen LogP contribution is 2.22. The molecule has 0 aromatic heterocycles. The van der Waals surface area contributed by atoms with Gasteiger partial charge < -0.3 is 125 Å². The number of nitrogens with zero attached hydrogens (tertiary/aromatic N) is 1. The van der Waals surface area contributed by atoms with Crippen LogP contribution in [-0.2, 0) is 119 Å². The number of carbonyl (C=O) groups is 17. The molecule has 0 bridgehead atoms. The third-order valence-corrected chi connectivity index (χ3v) is 12.5. The van der Waals surface area contributed by atoms with Crippen LogP contribution in [0.2, 0.25) is 0 Å². The zero-order chi connectivity index (χ0) is 74.5. The molecule has 0 spiro atoms. The summed E-state index contributed by atoms with van der Waals surface area (Å²) in [6.45, 7) is -4.95. The number of alkyl carbamates (subject to hydrolysis) is 3. The van der Waals surface area contributed by atoms with Crippen molar-refractivity contribution >= 4 is 101 Å². The molecule has 3 atom stereocenters. The van der Waals surface area contributed by atoms with Crippen LogP contribution < -0.4 is 42.5 Å². The van der Waals surface area contributed by atoms with Crippen LogP contribution in [0, 0.1) is 5.41 Å². The van der Waals surface area contributed by atoms with Crippen LogP contribution in [0.25, 0.3) is 0 Å². The first-order valence-electron chi connectivity index (χ1n) is 30.8. The molecule has 3 unspecified atom stereocenters. The summed E-state index contributed by atoms with van der Waals surface area (Å²) in [5.41, 5.74) is -1.43. The molecule has 0 aliphatic carbocycles. The number of rotatable bonds is 60. The van der Waals surface area contributed by atoms with Gasteiger partial charge in [0.05, 0.1) is 111 Å². The van der Waals surface area contributed by atoms with Crippen LogP contribution >= 0.6 is 0 Å². The monoisotopic (exact) mass is 1440 g/mol. The number of hydrogen-bond acceptors (Lipinski definition) is 28. The summed E-state index contributed by atoms with van der Waals surface area (Å²) in [7, 11) is 0. The quantitative estimate of drug-likeness (QED) is 0.0117. The second-order valence-corrected chi connectivity index (χ2v) is 20.8. The Kier molecular flexibility index (Phi) is 46.7. The van der Waals surface area contributed by atoms with E-state index in [0.717, 1.165) is 17.1 Å². The maximum absolute atomic E-state index is 13.2. The van der Waals surface area contributed by atoms with Crippen LogP contribution in [0.5, 0.6) is 0 Å². The minimum Gasteiger partial charge on any atom is -0.481 e. The highest BCUT2D eigenvalue weighted by atomic mass is 16.6. The average Bonchev–Trinajstić information content (AvgIpc) is 1.72. The Hall–Kier alpha value is -9.95. The Morgan fingerprint density at radius 3 is 1.02 bits per heavy atom. The molecular formula is C57H87N9O34. The van der Waals surface area contributed by atoms with Crippen molar-refractivity contribution < 1.29 is 164 Å². The topological polar surface area (TPSA) is 613 Å². The number of carboxylic acids is 6. The minimum atomic E-state index is -1.66. The van der Waals surface area contributed by atoms with Gasteiger partial charge in [0.2, 0.25) is 29.5 Å². The fourth-order valence-corrected chi connectivity index (χ4v) is 7.59. The number of amides is 10. The molecule has 0 saturated carbocycles. The lowest BCUT2D eigenvalue weighted by Crippen LogP contribution is -2.43. The van der Waals surface area contributed by atoms with Gasteiger partial charge in [-0.2, -0.15) is 0 Å². The lowest BCUT2D eigenvalue weighted by atomic mass is 9.92. The van der Waals surface area contributed by atoms with Gasteiger partial charge in [-0.25, -0.2) is 28.8 Å². The van der Waals surface area contributed by atoms with Gasteiger partial charge in [-0.3, -0.25) is 57.6 Å². The molecule has 1 aliphatic heterocycles. The van der Waals surface area contributed by atoms with E-state index in [2.05, 4.69) is 42.5 Å². The second kappa shape index (κ2) is 53.1. The predicted molar refractivity (Wildman–Crippen MR) is 327 cm³/mol. The van der Waals surface area contributed by atoms with Crippen molar-refractivity contribution in [2.24, 2.45) is 5.41 Å². The van der Waals surface area contributed by atoms with Crippen molar-refractivity contribution in [1.82, 2.24) is 47.4 Å². The molecule has 0 radical (unpaired) electrons. The molecule has 14 N–H and O–H groups in total. The molecule has 0 fully saturated rings. The highest BCUT2D eigenvalue weighted by molar-refractivity contribution is 6.13. The van der Waals surface area contributed by atoms with Crippen molar-refractivity contribution in [2.45, 2.75) is 82.3 Å². The summed E-state index contributed by atoms with van der Waals surface area (Å²) in [5, 5.41) is 72.3. The Bertz CT molecular complexity index is 2500. The van der Waals surface area contributed by atoms with Crippen LogP contribution in [-0.4, -0.2) is 313 Å². The van der Waals surface area contributed by atoms with E-state index in [1.807, 2.05) is 0 Å². The molecule has 0 aromatic rings. The van der Waals surface area contributed by atoms with E-state index in [-0.39, 0.29) is 197 Å². The maximum atomic E-state index is 13.2. The molecule has 0 saturated heterocycles. The Labute approximate surface area is 569 Å². The number of hydrogen-bond donors (Lipinski definition) is 14. The van der Waals surface area contributed by atoms with E-state index < -0.39 is 151 Å². The summed E-state index contributed by atoms with van der Waals surface area (Å²) in [6, 6.07) is -4.97. The zero-order valence-corrected chi connectivity index (χ0v) is 54.5. The largest absolute Gasteiger partial charge is 0.481 e. The van der Waals surface area contributed by atoms with Crippen molar-refractivity contribution in [3.8, 4) is 0 Å². The van der Waals surface area contributed by atoms with Crippen LogP contribution in [0.1, 0.15) is 64.2 Å². The summed E-state index contributed by atoms with van der Waals surface area (Å²) in [4.78, 5) is 202. The fourth-order valence-electron chi connectivity index (χ4n) is 7.59. The Morgan fingerprint density at radius 2 is 0.680 bits per heavy atom. The van der Waals surface area contributed by atoms with Gasteiger partial charge in [-0.1, -0.05) is 0 Å². The molecule has 1 rings (SSSR count). The van der Waals surface area contributed by atoms with E-state index >= 15 is 0 Å². The smallest absolute Gasteiger partial charge is 0.407 e. The van der Waals surface area contributed by atoms with E-state index in [9.17, 15) is 81.5 Å². The molecule has 43 heteroatoms. The lowest BCUT2D eigenvalue weighted by Gasteiger charge is -2.32. The standard InChI is InChI=1S/C57H87N9O34/c67-40(5-15-66-45(72)3-4-46(66)73)58-10-11-59-41(68)6-17-90-16-1-2-50(80)100-36-57(33-94-24-27-97-54(87)60-12-21-91-18-7-42(69)63-37(51(81)82)30-47(74)75,34-95-25-28-98-55(88)61-13-22-92-19-8-43(70)64-38(52(83)84)31-48(76)77)35-96-26-29-99-56(89)62-14-23-93-20-9-44(71)65-39(53(85)86)32-49(78)79/h3-4,37-39H,1-2,5-36H2,(H,58,67)(H,59,68)(H,60,87)(H,61,88)(H,62,89)(H,63,69)(H,64,70)(H,65,71)(H,74,75)(H,76,77)(H,78,79)(H,81,82)(H,83,84)(H,85,86). The lowest BCUT2D eigenvalue weighted by molar-refractivity contribution is -0.157. The molecule has 564 valence electrons. The first-order chi connectivity index (χ1) is 47.6. The first-order valence-corrected chi connectivity index (χ1v) is 30.8. The summed E-state index contributed by atoms with van der Waals surface area (Å²) >= 11 is 0. The molecule has 0 aromatic carbocycles. The van der Waals surface area contributed by atoms with Gasteiger partial charge in [-0.05, 0) is 6.42 Å². The van der Waals surface area contributed by atoms with Crippen LogP contribution in [0.3, 0.4) is 0 Å². The van der Waals surface area contributed by atoms with Gasteiger partial charge >= 0.3 is 60.1 Å². The number of ether oxygens (including phenoxy) is 11. The molecule has 100 heavy (non-hydrogen) atoms. The Morgan fingerprint density at radius 1 is 0.350 bits per heavy atom. The van der Waals surface area contributed by atoms with Crippen LogP contribution in [0.4, 0.5) is 14.4 Å². The maximum Gasteiger partial charge on any atom is 0.407 e. The van der Waals surface area contributed by atoms with Gasteiger partial charge in [0, 0.05) is 96.6 Å². The van der Waals surface area contributed by atoms with Crippen molar-refractivity contribution in [3.05, 3.63) is 12.2 Å². The first kappa shape index (κ1) is 88.1. The third kappa shape index (κ3) is 46.3. The van der Waals surface area contributed by atoms with Gasteiger partial charge in [0.15, 0.2) is 0 Å². The molecule has 43 nitrogen and oxygen atoms in total. The molecule has 10 amide bonds. The van der Waals surface area contributed by atoms with Crippen molar-refractivity contribution in [1.29, 1.82) is 0 Å². The van der Waals surface area contributed by atoms with E-state index in [1.165, 1.54) is 0 Å². The number of esters is 1. The summed E-state index contributed by atoms with van der Waals surface area (Å²) in [6.07, 6.45) is -4.45. The second-order valence-electron chi connectivity index (χ2n) is 20.8. The van der Waals surface area contributed by atoms with Gasteiger partial charge in [0.25, 0.3) is 11.8 Å². The van der Waals surface area contributed by atoms with Gasteiger partial charge in [-0.15, -0.1) is 0 Å². The highest BCUT2D eigenvalue weighted by Gasteiger charge is 2.35. The number of nitrogens with one attached hydrogen (secondary N) is 8. The summed E-state index contributed by atoms with van der Waals surface area (Å²) in [5.74, 6) is -14.0. The van der Waals surface area contributed by atoms with Crippen molar-refractivity contribution in [2.75, 3.05) is 158 Å². The number of carbonyl (C=O) groups excluding carboxylic acids is 11. The Balaban J connectivity index is 2.97. The normalized spacial score (nSPS) is 13.0. The minimum absolute atomic E-state index is 0.00472. The predicted octanol–water partition coefficient (Wildman–Crippen LogP) is -5.17. The summed E-state index contributed by atoms with van der Waals surface area (Å²) < 4.78 is 59.9. The van der Waals surface area contributed by atoms with Gasteiger partial charge in [0.1, 0.15) is 44.6 Å². The third-order valence-electron chi connectivity index (χ3n) is 12.5. The number of carboxylic acid groups (broad SMARTS) is 6. The number of aliphatic carboxylic acids is 6. The number of imide groups is 1. The molecular weight excluding hydrogens is 1350 g/mol. The molecule has 1 aliphatic rings. The zero-order valence-electron chi connectivity index (χ0n) is 54.5. The van der Waals surface area contributed by atoms with E-state index in [1.54, 1.807) is 0 Å². The van der Waals surface area contributed by atoms with E-state index in [4.69, 9.17) is 82.7 Å².